The smallest absolute Gasteiger partial charge is 0.249 e. The molecule has 0 aliphatic carbocycles. The lowest BCUT2D eigenvalue weighted by molar-refractivity contribution is -0.129. The third kappa shape index (κ3) is 3.85. The first-order valence-corrected chi connectivity index (χ1v) is 8.21. The second kappa shape index (κ2) is 7.19. The molecule has 1 aromatic heterocycles. The lowest BCUT2D eigenvalue weighted by atomic mass is 10.3. The van der Waals surface area contributed by atoms with Crippen molar-refractivity contribution >= 4 is 46.6 Å². The van der Waals surface area contributed by atoms with Gasteiger partial charge in [0.05, 0.1) is 16.9 Å². The molecule has 126 valence electrons. The largest absolute Gasteiger partial charge is 0.352 e. The SMILES string of the molecule is CC(=O)N1CCN(c2cnnc(Nc3cc(Cl)ccc3Cl)n2)CC1. The van der Waals surface area contributed by atoms with Gasteiger partial charge in [0.15, 0.2) is 5.82 Å². The Balaban J connectivity index is 1.73. The van der Waals surface area contributed by atoms with Crippen molar-refractivity contribution in [1.82, 2.24) is 20.1 Å². The Hall–Kier alpha value is -2.12. The summed E-state index contributed by atoms with van der Waals surface area (Å²) in [5.41, 5.74) is 0.615. The fourth-order valence-corrected chi connectivity index (χ4v) is 2.80. The van der Waals surface area contributed by atoms with E-state index in [1.807, 2.05) is 4.90 Å². The Morgan fingerprint density at radius 1 is 1.21 bits per heavy atom. The van der Waals surface area contributed by atoms with Crippen LogP contribution in [0.5, 0.6) is 0 Å². The van der Waals surface area contributed by atoms with E-state index in [1.54, 1.807) is 31.3 Å². The Morgan fingerprint density at radius 3 is 2.67 bits per heavy atom. The van der Waals surface area contributed by atoms with E-state index in [0.29, 0.717) is 53.7 Å². The lowest BCUT2D eigenvalue weighted by Crippen LogP contribution is -2.48. The molecule has 1 aromatic carbocycles. The second-order valence-electron chi connectivity index (χ2n) is 5.38. The number of benzene rings is 1. The molecule has 1 amide bonds. The normalized spacial score (nSPS) is 14.6. The molecule has 7 nitrogen and oxygen atoms in total. The van der Waals surface area contributed by atoms with Gasteiger partial charge in [-0.05, 0) is 18.2 Å². The molecule has 0 saturated carbocycles. The minimum absolute atomic E-state index is 0.0911. The summed E-state index contributed by atoms with van der Waals surface area (Å²) in [5, 5.41) is 12.1. The van der Waals surface area contributed by atoms with Gasteiger partial charge in [-0.25, -0.2) is 0 Å². The third-order valence-corrected chi connectivity index (χ3v) is 4.33. The minimum Gasteiger partial charge on any atom is -0.352 e. The highest BCUT2D eigenvalue weighted by atomic mass is 35.5. The summed E-state index contributed by atoms with van der Waals surface area (Å²) < 4.78 is 0. The van der Waals surface area contributed by atoms with Gasteiger partial charge < -0.3 is 15.1 Å². The lowest BCUT2D eigenvalue weighted by Gasteiger charge is -2.34. The first-order valence-electron chi connectivity index (χ1n) is 7.45. The highest BCUT2D eigenvalue weighted by Crippen LogP contribution is 2.27. The predicted molar refractivity (Wildman–Crippen MR) is 94.0 cm³/mol. The van der Waals surface area contributed by atoms with Crippen LogP contribution < -0.4 is 10.2 Å². The standard InChI is InChI=1S/C15H16Cl2N6O/c1-10(24)22-4-6-23(7-5-22)14-9-18-21-15(20-14)19-13-8-11(16)2-3-12(13)17/h2-3,8-9H,4-7H2,1H3,(H,19,20,21). The molecule has 1 aliphatic rings. The quantitative estimate of drug-likeness (QED) is 0.899. The van der Waals surface area contributed by atoms with Gasteiger partial charge in [-0.3, -0.25) is 4.79 Å². The van der Waals surface area contributed by atoms with Crippen molar-refractivity contribution in [1.29, 1.82) is 0 Å². The van der Waals surface area contributed by atoms with E-state index in [0.717, 1.165) is 0 Å². The van der Waals surface area contributed by atoms with Crippen LogP contribution in [0, 0.1) is 0 Å². The fraction of sp³-hybridized carbons (Fsp3) is 0.333. The van der Waals surface area contributed by atoms with Gasteiger partial charge in [-0.15, -0.1) is 5.10 Å². The van der Waals surface area contributed by atoms with Crippen LogP contribution in [0.25, 0.3) is 0 Å². The highest BCUT2D eigenvalue weighted by molar-refractivity contribution is 6.35. The maximum absolute atomic E-state index is 11.4. The number of amides is 1. The molecule has 0 atom stereocenters. The summed E-state index contributed by atoms with van der Waals surface area (Å²) in [6, 6.07) is 5.11. The van der Waals surface area contributed by atoms with Crippen molar-refractivity contribution in [3.63, 3.8) is 0 Å². The zero-order valence-electron chi connectivity index (χ0n) is 13.0. The van der Waals surface area contributed by atoms with Crippen LogP contribution in [0.15, 0.2) is 24.4 Å². The van der Waals surface area contributed by atoms with Crippen molar-refractivity contribution in [2.24, 2.45) is 0 Å². The summed E-state index contributed by atoms with van der Waals surface area (Å²) >= 11 is 12.1. The van der Waals surface area contributed by atoms with Crippen LogP contribution in [0.3, 0.4) is 0 Å². The van der Waals surface area contributed by atoms with Crippen LogP contribution in [-0.2, 0) is 4.79 Å². The van der Waals surface area contributed by atoms with E-state index >= 15 is 0 Å². The zero-order chi connectivity index (χ0) is 17.1. The van der Waals surface area contributed by atoms with Crippen molar-refractivity contribution in [2.45, 2.75) is 6.92 Å². The molecule has 1 saturated heterocycles. The van der Waals surface area contributed by atoms with Gasteiger partial charge >= 0.3 is 0 Å². The molecule has 2 aromatic rings. The molecule has 0 spiro atoms. The van der Waals surface area contributed by atoms with Gasteiger partial charge in [0, 0.05) is 38.1 Å². The molecule has 0 radical (unpaired) electrons. The molecule has 1 fully saturated rings. The van der Waals surface area contributed by atoms with E-state index in [4.69, 9.17) is 23.2 Å². The Kier molecular flexibility index (Phi) is 5.01. The van der Waals surface area contributed by atoms with E-state index in [9.17, 15) is 4.79 Å². The van der Waals surface area contributed by atoms with Gasteiger partial charge in [0.2, 0.25) is 11.9 Å². The van der Waals surface area contributed by atoms with E-state index in [2.05, 4.69) is 25.4 Å². The maximum Gasteiger partial charge on any atom is 0.249 e. The first kappa shape index (κ1) is 16.7. The number of rotatable bonds is 3. The Bertz CT molecular complexity index is 748. The number of hydrogen-bond donors (Lipinski definition) is 1. The van der Waals surface area contributed by atoms with Crippen LogP contribution in [0.1, 0.15) is 6.92 Å². The maximum atomic E-state index is 11.4. The number of carbonyl (C=O) groups excluding carboxylic acids is 1. The van der Waals surface area contributed by atoms with E-state index in [1.165, 1.54) is 0 Å². The molecule has 2 heterocycles. The van der Waals surface area contributed by atoms with Crippen LogP contribution in [0.4, 0.5) is 17.5 Å². The van der Waals surface area contributed by atoms with Gasteiger partial charge in [0.1, 0.15) is 0 Å². The summed E-state index contributed by atoms with van der Waals surface area (Å²) in [6.45, 7) is 4.33. The molecule has 24 heavy (non-hydrogen) atoms. The van der Waals surface area contributed by atoms with Crippen molar-refractivity contribution < 1.29 is 4.79 Å². The van der Waals surface area contributed by atoms with E-state index < -0.39 is 0 Å². The molecule has 1 N–H and O–H groups in total. The predicted octanol–water partition coefficient (Wildman–Crippen LogP) is 2.59. The van der Waals surface area contributed by atoms with Crippen LogP contribution in [-0.4, -0.2) is 52.2 Å². The monoisotopic (exact) mass is 366 g/mol. The molecular formula is C15H16Cl2N6O. The minimum atomic E-state index is 0.0911. The number of hydrogen-bond acceptors (Lipinski definition) is 6. The Morgan fingerprint density at radius 2 is 1.96 bits per heavy atom. The first-order chi connectivity index (χ1) is 11.5. The van der Waals surface area contributed by atoms with Gasteiger partial charge in [0.25, 0.3) is 0 Å². The number of nitrogens with zero attached hydrogens (tertiary/aromatic N) is 5. The average Bonchev–Trinajstić information content (AvgIpc) is 2.58. The van der Waals surface area contributed by atoms with Crippen molar-refractivity contribution in [3.8, 4) is 0 Å². The molecule has 3 rings (SSSR count). The number of halogens is 2. The van der Waals surface area contributed by atoms with Crippen LogP contribution in [0.2, 0.25) is 10.0 Å². The number of anilines is 3. The van der Waals surface area contributed by atoms with E-state index in [-0.39, 0.29) is 5.91 Å². The van der Waals surface area contributed by atoms with Gasteiger partial charge in [-0.1, -0.05) is 23.2 Å². The molecule has 9 heteroatoms. The molecular weight excluding hydrogens is 351 g/mol. The fourth-order valence-electron chi connectivity index (χ4n) is 2.46. The summed E-state index contributed by atoms with van der Waals surface area (Å²) in [4.78, 5) is 19.7. The second-order valence-corrected chi connectivity index (χ2v) is 6.22. The molecule has 0 bridgehead atoms. The van der Waals surface area contributed by atoms with Crippen molar-refractivity contribution in [3.05, 3.63) is 34.4 Å². The summed E-state index contributed by atoms with van der Waals surface area (Å²) in [7, 11) is 0. The average molecular weight is 367 g/mol. The number of aromatic nitrogens is 3. The molecule has 1 aliphatic heterocycles. The zero-order valence-corrected chi connectivity index (χ0v) is 14.5. The number of carbonyl (C=O) groups is 1. The number of piperazine rings is 1. The number of nitrogens with one attached hydrogen (secondary N) is 1. The summed E-state index contributed by atoms with van der Waals surface area (Å²) in [5.74, 6) is 1.13. The van der Waals surface area contributed by atoms with Crippen molar-refractivity contribution in [2.75, 3.05) is 36.4 Å². The highest BCUT2D eigenvalue weighted by Gasteiger charge is 2.20. The Labute approximate surface area is 149 Å². The third-order valence-electron chi connectivity index (χ3n) is 3.77. The van der Waals surface area contributed by atoms with Crippen LogP contribution >= 0.6 is 23.2 Å². The summed E-state index contributed by atoms with van der Waals surface area (Å²) in [6.07, 6.45) is 1.61. The van der Waals surface area contributed by atoms with Gasteiger partial charge in [-0.2, -0.15) is 10.1 Å². The topological polar surface area (TPSA) is 74.2 Å². The molecule has 0 unspecified atom stereocenters.